The summed E-state index contributed by atoms with van der Waals surface area (Å²) in [5, 5.41) is 0. The topological polar surface area (TPSA) is 26.3 Å². The molecule has 1 aromatic rings. The number of carbonyl (C=O) groups excluding carboxylic acids is 1. The van der Waals surface area contributed by atoms with Crippen molar-refractivity contribution in [1.29, 1.82) is 0 Å². The van der Waals surface area contributed by atoms with Crippen LogP contribution in [0.3, 0.4) is 0 Å². The molecule has 0 fully saturated rings. The zero-order valence-corrected chi connectivity index (χ0v) is 10.3. The van der Waals surface area contributed by atoms with Gasteiger partial charge in [0.15, 0.2) is 5.78 Å². The van der Waals surface area contributed by atoms with Crippen LogP contribution in [-0.4, -0.2) is 12.4 Å². The average molecular weight is 220 g/mol. The van der Waals surface area contributed by atoms with E-state index in [4.69, 9.17) is 4.74 Å². The number of hydrogen-bond donors (Lipinski definition) is 0. The van der Waals surface area contributed by atoms with E-state index in [2.05, 4.69) is 13.8 Å². The summed E-state index contributed by atoms with van der Waals surface area (Å²) >= 11 is 0. The lowest BCUT2D eigenvalue weighted by atomic mass is 10.1. The highest BCUT2D eigenvalue weighted by atomic mass is 16.5. The smallest absolute Gasteiger partial charge is 0.159 e. The lowest BCUT2D eigenvalue weighted by molar-refractivity contribution is 0.101. The van der Waals surface area contributed by atoms with E-state index in [1.165, 1.54) is 12.8 Å². The van der Waals surface area contributed by atoms with Crippen LogP contribution in [0.2, 0.25) is 0 Å². The minimum Gasteiger partial charge on any atom is -0.493 e. The Bertz CT molecular complexity index is 344. The van der Waals surface area contributed by atoms with Crippen LogP contribution in [0.25, 0.3) is 0 Å². The molecule has 1 rings (SSSR count). The Balaban J connectivity index is 2.54. The first-order chi connectivity index (χ1) is 7.63. The molecular formula is C14H20O2. The van der Waals surface area contributed by atoms with Crippen molar-refractivity contribution in [2.45, 2.75) is 33.6 Å². The van der Waals surface area contributed by atoms with E-state index in [0.29, 0.717) is 11.5 Å². The average Bonchev–Trinajstić information content (AvgIpc) is 2.27. The fourth-order valence-electron chi connectivity index (χ4n) is 1.62. The van der Waals surface area contributed by atoms with Crippen LogP contribution in [0.4, 0.5) is 0 Å². The standard InChI is InChI=1S/C14H20O2/c1-4-6-11(2)10-16-14-8-5-7-13(9-14)12(3)15/h5,7-9,11H,4,6,10H2,1-3H3. The van der Waals surface area contributed by atoms with Crippen LogP contribution in [-0.2, 0) is 0 Å². The molecule has 1 atom stereocenters. The summed E-state index contributed by atoms with van der Waals surface area (Å²) in [6.07, 6.45) is 2.35. The van der Waals surface area contributed by atoms with Gasteiger partial charge in [-0.15, -0.1) is 0 Å². The second-order valence-corrected chi connectivity index (χ2v) is 4.29. The summed E-state index contributed by atoms with van der Waals surface area (Å²) in [5.41, 5.74) is 0.709. The molecule has 0 spiro atoms. The summed E-state index contributed by atoms with van der Waals surface area (Å²) in [4.78, 5) is 11.2. The van der Waals surface area contributed by atoms with Crippen molar-refractivity contribution in [2.75, 3.05) is 6.61 Å². The van der Waals surface area contributed by atoms with Crippen molar-refractivity contribution in [3.63, 3.8) is 0 Å². The highest BCUT2D eigenvalue weighted by molar-refractivity contribution is 5.94. The zero-order valence-electron chi connectivity index (χ0n) is 10.3. The van der Waals surface area contributed by atoms with Gasteiger partial charge in [0.25, 0.3) is 0 Å². The van der Waals surface area contributed by atoms with E-state index in [-0.39, 0.29) is 5.78 Å². The maximum Gasteiger partial charge on any atom is 0.159 e. The Morgan fingerprint density at radius 3 is 2.81 bits per heavy atom. The Hall–Kier alpha value is -1.31. The van der Waals surface area contributed by atoms with Crippen molar-refractivity contribution in [2.24, 2.45) is 5.92 Å². The van der Waals surface area contributed by atoms with Gasteiger partial charge in [-0.2, -0.15) is 0 Å². The van der Waals surface area contributed by atoms with E-state index in [9.17, 15) is 4.79 Å². The van der Waals surface area contributed by atoms with E-state index < -0.39 is 0 Å². The Kier molecular flexibility index (Phi) is 5.03. The molecule has 0 aliphatic rings. The molecule has 0 amide bonds. The fourth-order valence-corrected chi connectivity index (χ4v) is 1.62. The Morgan fingerprint density at radius 2 is 2.19 bits per heavy atom. The number of ether oxygens (including phenoxy) is 1. The molecule has 0 N–H and O–H groups in total. The summed E-state index contributed by atoms with van der Waals surface area (Å²) in [5.74, 6) is 1.42. The van der Waals surface area contributed by atoms with Gasteiger partial charge in [-0.3, -0.25) is 4.79 Å². The van der Waals surface area contributed by atoms with Gasteiger partial charge < -0.3 is 4.74 Å². The maximum atomic E-state index is 11.2. The van der Waals surface area contributed by atoms with Crippen LogP contribution in [0.15, 0.2) is 24.3 Å². The van der Waals surface area contributed by atoms with Gasteiger partial charge in [0.05, 0.1) is 6.61 Å². The molecule has 2 nitrogen and oxygen atoms in total. The third kappa shape index (κ3) is 4.05. The molecule has 0 aromatic heterocycles. The number of ketones is 1. The molecule has 1 aromatic carbocycles. The van der Waals surface area contributed by atoms with Crippen LogP contribution in [0.1, 0.15) is 44.0 Å². The van der Waals surface area contributed by atoms with Crippen molar-refractivity contribution in [3.05, 3.63) is 29.8 Å². The third-order valence-corrected chi connectivity index (χ3v) is 2.56. The van der Waals surface area contributed by atoms with Crippen LogP contribution in [0, 0.1) is 5.92 Å². The van der Waals surface area contributed by atoms with Crippen LogP contribution < -0.4 is 4.74 Å². The number of hydrogen-bond acceptors (Lipinski definition) is 2. The van der Waals surface area contributed by atoms with Gasteiger partial charge in [0.1, 0.15) is 5.75 Å². The molecule has 0 heterocycles. The van der Waals surface area contributed by atoms with E-state index in [0.717, 1.165) is 12.4 Å². The normalized spacial score (nSPS) is 12.2. The van der Waals surface area contributed by atoms with Gasteiger partial charge in [-0.1, -0.05) is 32.4 Å². The number of carbonyl (C=O) groups is 1. The van der Waals surface area contributed by atoms with Gasteiger partial charge >= 0.3 is 0 Å². The third-order valence-electron chi connectivity index (χ3n) is 2.56. The van der Waals surface area contributed by atoms with E-state index in [1.54, 1.807) is 13.0 Å². The van der Waals surface area contributed by atoms with Crippen molar-refractivity contribution >= 4 is 5.78 Å². The van der Waals surface area contributed by atoms with Crippen LogP contribution in [0.5, 0.6) is 5.75 Å². The highest BCUT2D eigenvalue weighted by Gasteiger charge is 2.04. The first-order valence-electron chi connectivity index (χ1n) is 5.87. The molecule has 2 heteroatoms. The lowest BCUT2D eigenvalue weighted by Crippen LogP contribution is -2.08. The van der Waals surface area contributed by atoms with E-state index >= 15 is 0 Å². The second kappa shape index (κ2) is 6.31. The quantitative estimate of drug-likeness (QED) is 0.683. The van der Waals surface area contributed by atoms with Gasteiger partial charge in [-0.05, 0) is 31.4 Å². The van der Waals surface area contributed by atoms with Gasteiger partial charge in [-0.25, -0.2) is 0 Å². The Labute approximate surface area is 97.6 Å². The van der Waals surface area contributed by atoms with Crippen molar-refractivity contribution < 1.29 is 9.53 Å². The molecule has 16 heavy (non-hydrogen) atoms. The molecule has 1 unspecified atom stereocenters. The minimum atomic E-state index is 0.0760. The molecule has 0 radical (unpaired) electrons. The first kappa shape index (κ1) is 12.8. The summed E-state index contributed by atoms with van der Waals surface area (Å²) in [6, 6.07) is 7.37. The zero-order chi connectivity index (χ0) is 12.0. The highest BCUT2D eigenvalue weighted by Crippen LogP contribution is 2.15. The number of rotatable bonds is 6. The first-order valence-corrected chi connectivity index (χ1v) is 5.87. The van der Waals surface area contributed by atoms with Gasteiger partial charge in [0, 0.05) is 5.56 Å². The largest absolute Gasteiger partial charge is 0.493 e. The summed E-state index contributed by atoms with van der Waals surface area (Å²) < 4.78 is 5.66. The molecule has 88 valence electrons. The predicted molar refractivity (Wildman–Crippen MR) is 66.0 cm³/mol. The lowest BCUT2D eigenvalue weighted by Gasteiger charge is -2.12. The van der Waals surface area contributed by atoms with Crippen molar-refractivity contribution in [3.8, 4) is 5.75 Å². The molecular weight excluding hydrogens is 200 g/mol. The SMILES string of the molecule is CCCC(C)COc1cccc(C(C)=O)c1. The number of Topliss-reactive ketones (excluding diaryl/α,β-unsaturated/α-hetero) is 1. The monoisotopic (exact) mass is 220 g/mol. The molecule has 0 aliphatic heterocycles. The fraction of sp³-hybridized carbons (Fsp3) is 0.500. The predicted octanol–water partition coefficient (Wildman–Crippen LogP) is 3.70. The van der Waals surface area contributed by atoms with Gasteiger partial charge in [0.2, 0.25) is 0 Å². The number of benzene rings is 1. The minimum absolute atomic E-state index is 0.0760. The molecule has 0 bridgehead atoms. The van der Waals surface area contributed by atoms with E-state index in [1.807, 2.05) is 18.2 Å². The molecule has 0 saturated carbocycles. The summed E-state index contributed by atoms with van der Waals surface area (Å²) in [7, 11) is 0. The van der Waals surface area contributed by atoms with Crippen molar-refractivity contribution in [1.82, 2.24) is 0 Å². The molecule has 0 saturated heterocycles. The maximum absolute atomic E-state index is 11.2. The Morgan fingerprint density at radius 1 is 1.44 bits per heavy atom. The van der Waals surface area contributed by atoms with Crippen LogP contribution >= 0.6 is 0 Å². The summed E-state index contributed by atoms with van der Waals surface area (Å²) in [6.45, 7) is 6.64. The second-order valence-electron chi connectivity index (χ2n) is 4.29. The molecule has 0 aliphatic carbocycles.